The van der Waals surface area contributed by atoms with Gasteiger partial charge < -0.3 is 15.7 Å². The second-order valence-corrected chi connectivity index (χ2v) is 5.35. The first-order chi connectivity index (χ1) is 8.93. The Labute approximate surface area is 125 Å². The summed E-state index contributed by atoms with van der Waals surface area (Å²) >= 11 is 9.08. The van der Waals surface area contributed by atoms with Gasteiger partial charge in [-0.25, -0.2) is 9.78 Å². The van der Waals surface area contributed by atoms with Gasteiger partial charge >= 0.3 is 6.09 Å². The number of halogens is 2. The van der Waals surface area contributed by atoms with Crippen molar-refractivity contribution in [1.29, 1.82) is 0 Å². The fourth-order valence-corrected chi connectivity index (χ4v) is 1.94. The van der Waals surface area contributed by atoms with Gasteiger partial charge in [-0.05, 0) is 33.4 Å². The van der Waals surface area contributed by atoms with Crippen molar-refractivity contribution >= 4 is 39.4 Å². The Bertz CT molecular complexity index is 447. The monoisotopic (exact) mass is 350 g/mol. The normalized spacial score (nSPS) is 13.7. The van der Waals surface area contributed by atoms with Crippen LogP contribution in [0.2, 0.25) is 5.28 Å². The van der Waals surface area contributed by atoms with Crippen LogP contribution in [0, 0.1) is 5.92 Å². The van der Waals surface area contributed by atoms with Crippen LogP contribution >= 0.6 is 27.5 Å². The summed E-state index contributed by atoms with van der Waals surface area (Å²) in [6.45, 7) is 4.37. The van der Waals surface area contributed by atoms with Gasteiger partial charge in [-0.3, -0.25) is 0 Å². The Balaban J connectivity index is 2.80. The van der Waals surface area contributed by atoms with Crippen LogP contribution in [-0.4, -0.2) is 33.8 Å². The average Bonchev–Trinajstić information content (AvgIpc) is 2.37. The standard InChI is InChI=1S/C11H16BrClN4O2/c1-3-6(2)8(5-15-11(18)19)16-9-7(12)4-14-10(13)17-9/h4,6,8,15H,3,5H2,1-2H3,(H,18,19)(H,14,16,17). The first kappa shape index (κ1) is 16.0. The van der Waals surface area contributed by atoms with Crippen molar-refractivity contribution in [2.24, 2.45) is 5.92 Å². The van der Waals surface area contributed by atoms with Gasteiger partial charge in [0.15, 0.2) is 0 Å². The molecular weight excluding hydrogens is 336 g/mol. The molecule has 0 aliphatic carbocycles. The molecule has 0 saturated carbocycles. The average molecular weight is 352 g/mol. The molecule has 19 heavy (non-hydrogen) atoms. The zero-order valence-electron chi connectivity index (χ0n) is 10.7. The molecule has 1 aromatic heterocycles. The molecule has 2 atom stereocenters. The number of nitrogens with zero attached hydrogens (tertiary/aromatic N) is 2. The van der Waals surface area contributed by atoms with Gasteiger partial charge in [0.25, 0.3) is 0 Å². The van der Waals surface area contributed by atoms with E-state index in [0.717, 1.165) is 6.42 Å². The van der Waals surface area contributed by atoms with Crippen LogP contribution < -0.4 is 10.6 Å². The molecule has 3 N–H and O–H groups in total. The van der Waals surface area contributed by atoms with Crippen LogP contribution in [0.25, 0.3) is 0 Å². The minimum absolute atomic E-state index is 0.0802. The van der Waals surface area contributed by atoms with Crippen molar-refractivity contribution < 1.29 is 9.90 Å². The molecule has 0 spiro atoms. The minimum atomic E-state index is -1.05. The number of hydrogen-bond donors (Lipinski definition) is 3. The van der Waals surface area contributed by atoms with E-state index >= 15 is 0 Å². The highest BCUT2D eigenvalue weighted by molar-refractivity contribution is 9.10. The van der Waals surface area contributed by atoms with Crippen molar-refractivity contribution in [2.75, 3.05) is 11.9 Å². The molecule has 0 aliphatic heterocycles. The van der Waals surface area contributed by atoms with E-state index in [-0.39, 0.29) is 17.2 Å². The SMILES string of the molecule is CCC(C)C(CNC(=O)O)Nc1nc(Cl)ncc1Br. The zero-order valence-corrected chi connectivity index (χ0v) is 13.0. The predicted molar refractivity (Wildman–Crippen MR) is 77.6 cm³/mol. The van der Waals surface area contributed by atoms with Gasteiger partial charge in [0.05, 0.1) is 4.47 Å². The highest BCUT2D eigenvalue weighted by atomic mass is 79.9. The number of carboxylic acid groups (broad SMARTS) is 1. The van der Waals surface area contributed by atoms with Crippen molar-refractivity contribution in [2.45, 2.75) is 26.3 Å². The predicted octanol–water partition coefficient (Wildman–Crippen LogP) is 2.99. The van der Waals surface area contributed by atoms with E-state index in [2.05, 4.69) is 36.5 Å². The Morgan fingerprint density at radius 3 is 2.89 bits per heavy atom. The molecule has 6 nitrogen and oxygen atoms in total. The van der Waals surface area contributed by atoms with E-state index in [1.54, 1.807) is 6.20 Å². The lowest BCUT2D eigenvalue weighted by molar-refractivity contribution is 0.193. The number of rotatable bonds is 6. The Hall–Kier alpha value is -1.08. The van der Waals surface area contributed by atoms with E-state index in [1.807, 2.05) is 13.8 Å². The zero-order chi connectivity index (χ0) is 14.4. The number of anilines is 1. The molecule has 0 aromatic carbocycles. The molecule has 106 valence electrons. The number of amides is 1. The van der Waals surface area contributed by atoms with Crippen LogP contribution in [0.4, 0.5) is 10.6 Å². The summed E-state index contributed by atoms with van der Waals surface area (Å²) in [6.07, 6.45) is 1.42. The molecule has 1 amide bonds. The van der Waals surface area contributed by atoms with Gasteiger partial charge in [0.1, 0.15) is 5.82 Å². The van der Waals surface area contributed by atoms with Crippen LogP contribution in [-0.2, 0) is 0 Å². The van der Waals surface area contributed by atoms with Crippen molar-refractivity contribution in [3.05, 3.63) is 16.0 Å². The van der Waals surface area contributed by atoms with Gasteiger partial charge in [0.2, 0.25) is 5.28 Å². The summed E-state index contributed by atoms with van der Waals surface area (Å²) in [7, 11) is 0. The van der Waals surface area contributed by atoms with Crippen LogP contribution in [0.5, 0.6) is 0 Å². The van der Waals surface area contributed by atoms with Gasteiger partial charge in [-0.1, -0.05) is 20.3 Å². The van der Waals surface area contributed by atoms with Crippen molar-refractivity contribution in [3.8, 4) is 0 Å². The summed E-state index contributed by atoms with van der Waals surface area (Å²) in [6, 6.07) is -0.0802. The molecule has 0 bridgehead atoms. The van der Waals surface area contributed by atoms with E-state index in [4.69, 9.17) is 16.7 Å². The quantitative estimate of drug-likeness (QED) is 0.686. The molecule has 0 fully saturated rings. The summed E-state index contributed by atoms with van der Waals surface area (Å²) in [4.78, 5) is 18.5. The second-order valence-electron chi connectivity index (χ2n) is 4.16. The van der Waals surface area contributed by atoms with Crippen molar-refractivity contribution in [3.63, 3.8) is 0 Å². The number of carbonyl (C=O) groups is 1. The lowest BCUT2D eigenvalue weighted by Gasteiger charge is -2.25. The first-order valence-electron chi connectivity index (χ1n) is 5.85. The lowest BCUT2D eigenvalue weighted by atomic mass is 9.99. The maximum Gasteiger partial charge on any atom is 0.404 e. The van der Waals surface area contributed by atoms with Crippen LogP contribution in [0.3, 0.4) is 0 Å². The Kier molecular flexibility index (Phi) is 6.30. The number of aromatic nitrogens is 2. The van der Waals surface area contributed by atoms with Gasteiger partial charge in [-0.2, -0.15) is 4.98 Å². The van der Waals surface area contributed by atoms with E-state index in [0.29, 0.717) is 16.8 Å². The number of hydrogen-bond acceptors (Lipinski definition) is 4. The summed E-state index contributed by atoms with van der Waals surface area (Å²) in [5, 5.41) is 14.4. The summed E-state index contributed by atoms with van der Waals surface area (Å²) in [5.41, 5.74) is 0. The topological polar surface area (TPSA) is 87.1 Å². The fourth-order valence-electron chi connectivity index (χ4n) is 1.50. The van der Waals surface area contributed by atoms with Crippen LogP contribution in [0.15, 0.2) is 10.7 Å². The highest BCUT2D eigenvalue weighted by Gasteiger charge is 2.18. The molecule has 8 heteroatoms. The minimum Gasteiger partial charge on any atom is -0.465 e. The Morgan fingerprint density at radius 2 is 2.32 bits per heavy atom. The summed E-state index contributed by atoms with van der Waals surface area (Å²) < 4.78 is 0.681. The molecule has 0 radical (unpaired) electrons. The maximum absolute atomic E-state index is 10.6. The van der Waals surface area contributed by atoms with Crippen molar-refractivity contribution in [1.82, 2.24) is 15.3 Å². The first-order valence-corrected chi connectivity index (χ1v) is 7.02. The molecular formula is C11H16BrClN4O2. The largest absolute Gasteiger partial charge is 0.465 e. The third-order valence-corrected chi connectivity index (χ3v) is 3.60. The third kappa shape index (κ3) is 5.20. The third-order valence-electron chi connectivity index (χ3n) is 2.84. The van der Waals surface area contributed by atoms with E-state index in [1.165, 1.54) is 0 Å². The molecule has 1 aromatic rings. The lowest BCUT2D eigenvalue weighted by Crippen LogP contribution is -2.40. The fraction of sp³-hybridized carbons (Fsp3) is 0.545. The highest BCUT2D eigenvalue weighted by Crippen LogP contribution is 2.22. The van der Waals surface area contributed by atoms with Crippen LogP contribution in [0.1, 0.15) is 20.3 Å². The van der Waals surface area contributed by atoms with Gasteiger partial charge in [0, 0.05) is 18.8 Å². The molecule has 1 rings (SSSR count). The summed E-state index contributed by atoms with van der Waals surface area (Å²) in [5.74, 6) is 0.824. The molecule has 1 heterocycles. The molecule has 2 unspecified atom stereocenters. The van der Waals surface area contributed by atoms with E-state index < -0.39 is 6.09 Å². The number of nitrogens with one attached hydrogen (secondary N) is 2. The van der Waals surface area contributed by atoms with E-state index in [9.17, 15) is 4.79 Å². The smallest absolute Gasteiger partial charge is 0.404 e. The Morgan fingerprint density at radius 1 is 1.63 bits per heavy atom. The maximum atomic E-state index is 10.6. The second kappa shape index (κ2) is 7.49. The molecule has 0 aliphatic rings. The van der Waals surface area contributed by atoms with Gasteiger partial charge in [-0.15, -0.1) is 0 Å². The molecule has 0 saturated heterocycles.